The summed E-state index contributed by atoms with van der Waals surface area (Å²) in [6.45, 7) is 18.2. The number of fused-ring (bicyclic) bond motifs is 7. The van der Waals surface area contributed by atoms with E-state index in [-0.39, 0.29) is 28.9 Å². The molecule has 12 aromatic carbocycles. The van der Waals surface area contributed by atoms with Crippen LogP contribution in [0.1, 0.15) is 141 Å². The Kier molecular flexibility index (Phi) is 29.5. The Balaban J connectivity index is 0.000000104. The molecule has 724 valence electrons. The second kappa shape index (κ2) is 43.7. The lowest BCUT2D eigenvalue weighted by Gasteiger charge is -2.17. The standard InChI is InChI=1S/C21H24N2O2.C20H20N2O2.2C19H19ClN2O.2C19H19FN2O/c1-24-20-8-7-15(11-21(20)25-2)16-9-10-23(13-16)14-17-12-22-19-6-4-3-5-18(17)19;1-2-6-18-16(4-1)15(10-21-18)12-22-9-8-14(11-22)17-5-3-7-19-20(17)24-13-23-19;20-19-16(5-3-7-18(19)23)13-8-9-22(11-13)12-14-10-21-17-6-2-1-4-15(14)17;20-17-6-5-13(9-19(17)23)14-7-8-22(11-14)12-15-10-21-18-4-2-1-3-16(15)18;20-19-16(5-3-7-18(19)23)13-8-9-22(11-13)12-14-10-21-17-6-2-1-4-15(14)17;20-17-6-5-13(9-19(17)23)14-7-8-22(11-14)12-15-10-21-18-4-2-1-3-16(15)18/h3-8,11-12,16,22H,9-10,13-14H2,1-2H3;1-7,10,14,21H,8-9,11-13H2;1-7,10,13,21,23H,8-9,11-12H2;1-6,9-10,14,21,23H,7-8,11-12H2;1-7,10,13,21,23H,8-9,11-12H2;1-6,9-10,14,21,23H,7-8,11-12H2. The van der Waals surface area contributed by atoms with Crippen LogP contribution >= 0.6 is 23.2 Å². The van der Waals surface area contributed by atoms with Gasteiger partial charge in [0.15, 0.2) is 46.1 Å². The number of nitrogens with zero attached hydrogens (tertiary/aromatic N) is 6. The van der Waals surface area contributed by atoms with Crippen LogP contribution in [0.5, 0.6) is 46.0 Å². The number of hydrogen-bond acceptors (Lipinski definition) is 14. The number of hydrogen-bond donors (Lipinski definition) is 10. The smallest absolute Gasteiger partial charge is 0.231 e. The maximum absolute atomic E-state index is 14.1. The topological polar surface area (TPSA) is 232 Å². The first kappa shape index (κ1) is 95.0. The van der Waals surface area contributed by atoms with Gasteiger partial charge >= 0.3 is 0 Å². The molecular formula is C117H120Cl2F2N12O8. The number of nitrogens with one attached hydrogen (secondary N) is 6. The third kappa shape index (κ3) is 21.9. The van der Waals surface area contributed by atoms with Gasteiger partial charge < -0.3 is 69.3 Å². The Morgan fingerprint density at radius 2 is 0.631 bits per heavy atom. The van der Waals surface area contributed by atoms with Gasteiger partial charge in [0.25, 0.3) is 0 Å². The second-order valence-corrected chi connectivity index (χ2v) is 39.2. The fourth-order valence-corrected chi connectivity index (χ4v) is 22.5. The minimum absolute atomic E-state index is 0.146. The van der Waals surface area contributed by atoms with Gasteiger partial charge in [-0.05, 0) is 254 Å². The Hall–Kier alpha value is -13.5. The molecule has 0 bridgehead atoms. The predicted molar refractivity (Wildman–Crippen MR) is 560 cm³/mol. The number of likely N-dealkylation sites (tertiary alicyclic amines) is 6. The first-order chi connectivity index (χ1) is 69.0. The molecule has 6 atom stereocenters. The summed E-state index contributed by atoms with van der Waals surface area (Å²) in [6, 6.07) is 83.8. The van der Waals surface area contributed by atoms with E-state index in [1.807, 2.05) is 48.5 Å². The van der Waals surface area contributed by atoms with Gasteiger partial charge in [0, 0.05) is 199 Å². The number of phenolic OH excluding ortho intramolecular Hbond substituents is 4. The van der Waals surface area contributed by atoms with Gasteiger partial charge in [-0.3, -0.25) is 29.4 Å². The fourth-order valence-electron chi connectivity index (χ4n) is 22.1. The zero-order chi connectivity index (χ0) is 96.4. The Labute approximate surface area is 830 Å². The van der Waals surface area contributed by atoms with Crippen LogP contribution in [0.15, 0.2) is 292 Å². The van der Waals surface area contributed by atoms with Crippen molar-refractivity contribution in [1.29, 1.82) is 0 Å². The van der Waals surface area contributed by atoms with E-state index in [2.05, 4.69) is 254 Å². The summed E-state index contributed by atoms with van der Waals surface area (Å²) in [7, 11) is 3.37. The van der Waals surface area contributed by atoms with Crippen molar-refractivity contribution in [1.82, 2.24) is 59.3 Å². The van der Waals surface area contributed by atoms with Crippen molar-refractivity contribution < 1.29 is 48.2 Å². The summed E-state index contributed by atoms with van der Waals surface area (Å²) in [5, 5.41) is 47.4. The maximum atomic E-state index is 14.1. The highest BCUT2D eigenvalue weighted by molar-refractivity contribution is 6.33. The lowest BCUT2D eigenvalue weighted by molar-refractivity contribution is 0.173. The Morgan fingerprint density at radius 1 is 0.312 bits per heavy atom. The summed E-state index contributed by atoms with van der Waals surface area (Å²) in [4.78, 5) is 34.8. The van der Waals surface area contributed by atoms with E-state index in [1.54, 1.807) is 50.6 Å². The lowest BCUT2D eigenvalue weighted by Crippen LogP contribution is -2.19. The molecule has 20 nitrogen and oxygen atoms in total. The SMILES string of the molecule is COc1ccc(C2CCN(Cc3c[nH]c4ccccc34)C2)cc1OC.Oc1cc(C2CCN(Cc3c[nH]c4ccccc34)C2)ccc1Cl.Oc1cc(C2CCN(Cc3c[nH]c4ccccc34)C2)ccc1F.Oc1cccc(C2CCN(Cc3c[nH]c4ccccc34)C2)c1Cl.Oc1cccc(C2CCN(Cc3c[nH]c4ccccc34)C2)c1F.c1cc2c(c(C3CCN(Cc4c[nH]c5ccccc45)C3)c1)OCO2. The van der Waals surface area contributed by atoms with E-state index in [0.29, 0.717) is 52.0 Å². The molecule has 0 amide bonds. The minimum Gasteiger partial charge on any atom is -0.506 e. The Morgan fingerprint density at radius 3 is 1.02 bits per heavy atom. The summed E-state index contributed by atoms with van der Waals surface area (Å²) in [6.07, 6.45) is 19.2. The number of aromatic hydroxyl groups is 4. The van der Waals surface area contributed by atoms with E-state index in [4.69, 9.17) is 42.1 Å². The van der Waals surface area contributed by atoms with Crippen LogP contribution < -0.4 is 18.9 Å². The summed E-state index contributed by atoms with van der Waals surface area (Å²) in [5.74, 6) is 4.70. The zero-order valence-corrected chi connectivity index (χ0v) is 81.0. The molecule has 0 spiro atoms. The lowest BCUT2D eigenvalue weighted by atomic mass is 9.97. The number of methoxy groups -OCH3 is 2. The largest absolute Gasteiger partial charge is 0.506 e. The number of H-pyrrole nitrogens is 6. The highest BCUT2D eigenvalue weighted by atomic mass is 35.5. The third-order valence-electron chi connectivity index (χ3n) is 29.6. The molecule has 18 aromatic rings. The number of ether oxygens (including phenoxy) is 4. The molecule has 6 fully saturated rings. The molecule has 13 heterocycles. The van der Waals surface area contributed by atoms with E-state index in [9.17, 15) is 29.2 Å². The average Bonchev–Trinajstić information content (AvgIpc) is 1.67. The fraction of sp³-hybridized carbons (Fsp3) is 0.282. The number of halogens is 4. The van der Waals surface area contributed by atoms with E-state index in [1.165, 1.54) is 135 Å². The highest BCUT2D eigenvalue weighted by Crippen LogP contribution is 2.45. The number of para-hydroxylation sites is 7. The summed E-state index contributed by atoms with van der Waals surface area (Å²) >= 11 is 12.2. The summed E-state index contributed by atoms with van der Waals surface area (Å²) in [5.41, 5.74) is 21.7. The molecule has 0 radical (unpaired) electrons. The van der Waals surface area contributed by atoms with Gasteiger partial charge in [0.05, 0.1) is 24.3 Å². The van der Waals surface area contributed by atoms with Crippen LogP contribution in [0.4, 0.5) is 8.78 Å². The van der Waals surface area contributed by atoms with Crippen molar-refractivity contribution in [3.05, 3.63) is 380 Å². The third-order valence-corrected chi connectivity index (χ3v) is 30.3. The predicted octanol–water partition coefficient (Wildman–Crippen LogP) is 25.1. The van der Waals surface area contributed by atoms with Crippen molar-refractivity contribution in [3.63, 3.8) is 0 Å². The quantitative estimate of drug-likeness (QED) is 0.0342. The van der Waals surface area contributed by atoms with Gasteiger partial charge in [0.1, 0.15) is 11.5 Å². The van der Waals surface area contributed by atoms with Crippen molar-refractivity contribution in [3.8, 4) is 46.0 Å². The molecule has 6 unspecified atom stereocenters. The van der Waals surface area contributed by atoms with Crippen LogP contribution in [0, 0.1) is 11.6 Å². The van der Waals surface area contributed by atoms with Crippen molar-refractivity contribution >= 4 is 88.6 Å². The zero-order valence-electron chi connectivity index (χ0n) is 79.5. The molecule has 6 saturated heterocycles. The van der Waals surface area contributed by atoms with E-state index < -0.39 is 11.6 Å². The molecular weight excluding hydrogens is 1810 g/mol. The van der Waals surface area contributed by atoms with Crippen LogP contribution in [0.2, 0.25) is 10.0 Å². The number of aromatic nitrogens is 6. The average molecular weight is 1930 g/mol. The second-order valence-electron chi connectivity index (χ2n) is 38.5. The number of rotatable bonds is 20. The minimum atomic E-state index is -0.553. The van der Waals surface area contributed by atoms with Crippen molar-refractivity contribution in [2.75, 3.05) is 99.5 Å². The first-order valence-electron chi connectivity index (χ1n) is 49.2. The van der Waals surface area contributed by atoms with Crippen molar-refractivity contribution in [2.45, 2.75) is 113 Å². The van der Waals surface area contributed by atoms with E-state index >= 15 is 0 Å². The van der Waals surface area contributed by atoms with Crippen molar-refractivity contribution in [2.24, 2.45) is 0 Å². The van der Waals surface area contributed by atoms with Gasteiger partial charge in [-0.1, -0.05) is 187 Å². The summed E-state index contributed by atoms with van der Waals surface area (Å²) < 4.78 is 49.3. The van der Waals surface area contributed by atoms with Crippen LogP contribution in [-0.2, 0) is 39.3 Å². The van der Waals surface area contributed by atoms with Gasteiger partial charge in [-0.15, -0.1) is 0 Å². The molecule has 141 heavy (non-hydrogen) atoms. The van der Waals surface area contributed by atoms with Crippen LogP contribution in [0.25, 0.3) is 65.4 Å². The molecule has 0 aliphatic carbocycles. The molecule has 0 saturated carbocycles. The maximum Gasteiger partial charge on any atom is 0.231 e. The molecule has 7 aliphatic rings. The molecule has 7 aliphatic heterocycles. The van der Waals surface area contributed by atoms with Crippen LogP contribution in [0.3, 0.4) is 0 Å². The monoisotopic (exact) mass is 1930 g/mol. The number of aromatic amines is 6. The van der Waals surface area contributed by atoms with E-state index in [0.717, 1.165) is 183 Å². The van der Waals surface area contributed by atoms with Gasteiger partial charge in [-0.2, -0.15) is 0 Å². The highest BCUT2D eigenvalue weighted by Gasteiger charge is 2.34. The molecule has 10 N–H and O–H groups in total. The number of phenols is 4. The molecule has 25 rings (SSSR count). The number of benzene rings is 12. The molecule has 6 aromatic heterocycles. The van der Waals surface area contributed by atoms with Gasteiger partial charge in [-0.25, -0.2) is 8.78 Å². The molecule has 24 heteroatoms. The Bertz CT molecular complexity index is 7070. The normalized spacial score (nSPS) is 18.8. The van der Waals surface area contributed by atoms with Gasteiger partial charge in [0.2, 0.25) is 6.79 Å². The van der Waals surface area contributed by atoms with Crippen LogP contribution in [-0.4, -0.2) is 179 Å². The first-order valence-corrected chi connectivity index (χ1v) is 49.9.